The molecule has 1 aliphatic carbocycles. The minimum absolute atomic E-state index is 0.00174. The maximum Gasteiger partial charge on any atom is 0.407 e. The zero-order valence-corrected chi connectivity index (χ0v) is 20.0. The van der Waals surface area contributed by atoms with E-state index in [1.165, 1.54) is 0 Å². The van der Waals surface area contributed by atoms with Gasteiger partial charge in [-0.15, -0.1) is 0 Å². The highest BCUT2D eigenvalue weighted by atomic mass is 16.5. The molecule has 2 amide bonds. The predicted octanol–water partition coefficient (Wildman–Crippen LogP) is 4.70. The lowest BCUT2D eigenvalue weighted by Crippen LogP contribution is -2.47. The molecule has 0 bridgehead atoms. The number of alkyl carbamates (subject to hydrolysis) is 1. The molecule has 0 aliphatic heterocycles. The van der Waals surface area contributed by atoms with Crippen LogP contribution < -0.4 is 10.6 Å². The molecule has 0 aromatic heterocycles. The van der Waals surface area contributed by atoms with Gasteiger partial charge in [-0.25, -0.2) is 9.59 Å². The summed E-state index contributed by atoms with van der Waals surface area (Å²) in [5, 5.41) is 14.8. The third kappa shape index (κ3) is 5.95. The van der Waals surface area contributed by atoms with Crippen molar-refractivity contribution in [3.05, 3.63) is 59.7 Å². The Hall–Kier alpha value is -3.35. The molecule has 1 aliphatic rings. The fourth-order valence-electron chi connectivity index (χ4n) is 4.52. The van der Waals surface area contributed by atoms with Gasteiger partial charge < -0.3 is 20.5 Å². The Labute approximate surface area is 200 Å². The van der Waals surface area contributed by atoms with E-state index in [0.717, 1.165) is 28.7 Å². The number of rotatable bonds is 11. The third-order valence-electron chi connectivity index (χ3n) is 6.53. The summed E-state index contributed by atoms with van der Waals surface area (Å²) < 4.78 is 5.60. The van der Waals surface area contributed by atoms with E-state index in [4.69, 9.17) is 4.74 Å². The van der Waals surface area contributed by atoms with Crippen LogP contribution in [0.25, 0.3) is 11.1 Å². The Bertz CT molecular complexity index is 976. The monoisotopic (exact) mass is 466 g/mol. The van der Waals surface area contributed by atoms with Crippen LogP contribution in [0.15, 0.2) is 48.5 Å². The Balaban J connectivity index is 1.59. The number of carboxylic acids is 1. The molecular weight excluding hydrogens is 432 g/mol. The number of benzene rings is 2. The summed E-state index contributed by atoms with van der Waals surface area (Å²) in [5.74, 6) is -1.69. The topological polar surface area (TPSA) is 105 Å². The molecule has 34 heavy (non-hydrogen) atoms. The van der Waals surface area contributed by atoms with Crippen LogP contribution >= 0.6 is 0 Å². The van der Waals surface area contributed by atoms with Crippen LogP contribution in [-0.4, -0.2) is 41.8 Å². The van der Waals surface area contributed by atoms with Crippen molar-refractivity contribution in [1.82, 2.24) is 10.6 Å². The Morgan fingerprint density at radius 3 is 2.09 bits per heavy atom. The molecule has 3 atom stereocenters. The summed E-state index contributed by atoms with van der Waals surface area (Å²) in [6, 6.07) is 14.9. The molecule has 0 heterocycles. The van der Waals surface area contributed by atoms with Gasteiger partial charge in [0.1, 0.15) is 12.6 Å². The van der Waals surface area contributed by atoms with E-state index >= 15 is 0 Å². The second kappa shape index (κ2) is 11.7. The van der Waals surface area contributed by atoms with Crippen molar-refractivity contribution < 1.29 is 24.2 Å². The van der Waals surface area contributed by atoms with Gasteiger partial charge in [0.05, 0.1) is 0 Å². The standard InChI is InChI=1S/C27H34N2O5/c1-4-10-18(15-24(30)29-25(26(31)32)17(3)5-2)28-27(33)34-16-23-21-13-8-6-11-19(21)20-12-7-9-14-22(20)23/h6-9,11-14,17-18,23,25H,4-5,10,15-16H2,1-3H3,(H,28,33)(H,29,30)(H,31,32)/t17-,18-,25-/m0/s1. The lowest BCUT2D eigenvalue weighted by Gasteiger charge is -2.23. The molecule has 182 valence electrons. The largest absolute Gasteiger partial charge is 0.480 e. The van der Waals surface area contributed by atoms with Gasteiger partial charge in [0.15, 0.2) is 0 Å². The van der Waals surface area contributed by atoms with Gasteiger partial charge in [-0.3, -0.25) is 4.79 Å². The average Bonchev–Trinajstić information content (AvgIpc) is 3.14. The minimum atomic E-state index is -1.06. The van der Waals surface area contributed by atoms with E-state index in [9.17, 15) is 19.5 Å². The fourth-order valence-corrected chi connectivity index (χ4v) is 4.52. The second-order valence-corrected chi connectivity index (χ2v) is 8.93. The minimum Gasteiger partial charge on any atom is -0.480 e. The lowest BCUT2D eigenvalue weighted by molar-refractivity contribution is -0.143. The second-order valence-electron chi connectivity index (χ2n) is 8.93. The van der Waals surface area contributed by atoms with E-state index in [1.807, 2.05) is 38.1 Å². The highest BCUT2D eigenvalue weighted by Crippen LogP contribution is 2.44. The van der Waals surface area contributed by atoms with Crippen molar-refractivity contribution in [2.45, 2.75) is 64.5 Å². The highest BCUT2D eigenvalue weighted by molar-refractivity contribution is 5.84. The molecule has 2 aromatic rings. The zero-order chi connectivity index (χ0) is 24.7. The number of carbonyl (C=O) groups is 3. The summed E-state index contributed by atoms with van der Waals surface area (Å²) in [5.41, 5.74) is 4.57. The number of amides is 2. The van der Waals surface area contributed by atoms with Crippen molar-refractivity contribution in [1.29, 1.82) is 0 Å². The average molecular weight is 467 g/mol. The van der Waals surface area contributed by atoms with Gasteiger partial charge in [-0.1, -0.05) is 82.1 Å². The zero-order valence-electron chi connectivity index (χ0n) is 20.0. The maximum absolute atomic E-state index is 12.6. The third-order valence-corrected chi connectivity index (χ3v) is 6.53. The van der Waals surface area contributed by atoms with Crippen LogP contribution in [0.1, 0.15) is 63.5 Å². The molecule has 3 rings (SSSR count). The summed E-state index contributed by atoms with van der Waals surface area (Å²) in [7, 11) is 0. The molecule has 0 spiro atoms. The number of fused-ring (bicyclic) bond motifs is 3. The summed E-state index contributed by atoms with van der Waals surface area (Å²) in [4.78, 5) is 36.6. The number of ether oxygens (including phenoxy) is 1. The van der Waals surface area contributed by atoms with E-state index in [1.54, 1.807) is 6.92 Å². The quantitative estimate of drug-likeness (QED) is 0.445. The van der Waals surface area contributed by atoms with E-state index in [0.29, 0.717) is 12.8 Å². The van der Waals surface area contributed by atoms with Gasteiger partial charge in [0.2, 0.25) is 5.91 Å². The first-order valence-corrected chi connectivity index (χ1v) is 12.0. The van der Waals surface area contributed by atoms with Crippen molar-refractivity contribution >= 4 is 18.0 Å². The number of aliphatic carboxylic acids is 1. The molecule has 0 saturated heterocycles. The molecule has 0 fully saturated rings. The van der Waals surface area contributed by atoms with Gasteiger partial charge in [0.25, 0.3) is 0 Å². The van der Waals surface area contributed by atoms with Gasteiger partial charge >= 0.3 is 12.1 Å². The van der Waals surface area contributed by atoms with Crippen LogP contribution in [-0.2, 0) is 14.3 Å². The van der Waals surface area contributed by atoms with Crippen molar-refractivity contribution in [3.63, 3.8) is 0 Å². The highest BCUT2D eigenvalue weighted by Gasteiger charge is 2.30. The molecule has 3 N–H and O–H groups in total. The van der Waals surface area contributed by atoms with Crippen LogP contribution in [0.5, 0.6) is 0 Å². The summed E-state index contributed by atoms with van der Waals surface area (Å²) >= 11 is 0. The number of hydrogen-bond acceptors (Lipinski definition) is 4. The van der Waals surface area contributed by atoms with E-state index in [-0.39, 0.29) is 24.9 Å². The molecule has 2 aromatic carbocycles. The summed E-state index contributed by atoms with van der Waals surface area (Å²) in [6.07, 6.45) is 1.39. The SMILES string of the molecule is CCC[C@@H](CC(=O)N[C@H](C(=O)O)[C@@H](C)CC)NC(=O)OCC1c2ccccc2-c2ccccc21. The first-order valence-electron chi connectivity index (χ1n) is 12.0. The molecule has 0 unspecified atom stereocenters. The van der Waals surface area contributed by atoms with E-state index < -0.39 is 30.1 Å². The first-order chi connectivity index (χ1) is 16.3. The molecule has 7 heteroatoms. The summed E-state index contributed by atoms with van der Waals surface area (Å²) in [6.45, 7) is 5.83. The van der Waals surface area contributed by atoms with Gasteiger partial charge in [-0.05, 0) is 34.6 Å². The maximum atomic E-state index is 12.6. The van der Waals surface area contributed by atoms with Gasteiger partial charge in [0, 0.05) is 18.4 Å². The molecule has 0 saturated carbocycles. The Morgan fingerprint density at radius 2 is 1.56 bits per heavy atom. The lowest BCUT2D eigenvalue weighted by atomic mass is 9.98. The van der Waals surface area contributed by atoms with Crippen LogP contribution in [0.2, 0.25) is 0 Å². The number of carboxylic acid groups (broad SMARTS) is 1. The van der Waals surface area contributed by atoms with E-state index in [2.05, 4.69) is 34.9 Å². The molecule has 7 nitrogen and oxygen atoms in total. The number of nitrogens with one attached hydrogen (secondary N) is 2. The number of hydrogen-bond donors (Lipinski definition) is 3. The van der Waals surface area contributed by atoms with Crippen LogP contribution in [0.3, 0.4) is 0 Å². The number of carbonyl (C=O) groups excluding carboxylic acids is 2. The Kier molecular flexibility index (Phi) is 8.68. The van der Waals surface area contributed by atoms with Crippen molar-refractivity contribution in [2.75, 3.05) is 6.61 Å². The normalized spacial score (nSPS) is 14.9. The van der Waals surface area contributed by atoms with Crippen molar-refractivity contribution in [3.8, 4) is 11.1 Å². The predicted molar refractivity (Wildman–Crippen MR) is 131 cm³/mol. The molecule has 0 radical (unpaired) electrons. The Morgan fingerprint density at radius 1 is 0.971 bits per heavy atom. The van der Waals surface area contributed by atoms with Crippen molar-refractivity contribution in [2.24, 2.45) is 5.92 Å². The molecular formula is C27H34N2O5. The fraction of sp³-hybridized carbons (Fsp3) is 0.444. The van der Waals surface area contributed by atoms with Gasteiger partial charge in [-0.2, -0.15) is 0 Å². The van der Waals surface area contributed by atoms with Crippen LogP contribution in [0.4, 0.5) is 4.79 Å². The van der Waals surface area contributed by atoms with Crippen LogP contribution in [0, 0.1) is 5.92 Å². The smallest absolute Gasteiger partial charge is 0.407 e. The first kappa shape index (κ1) is 25.3.